The third-order valence-corrected chi connectivity index (χ3v) is 8.73. The molecule has 0 saturated carbocycles. The van der Waals surface area contributed by atoms with E-state index in [2.05, 4.69) is 27.8 Å². The second kappa shape index (κ2) is 13.9. The molecule has 0 spiro atoms. The van der Waals surface area contributed by atoms with E-state index in [4.69, 9.17) is 14.5 Å². The fourth-order valence-electron chi connectivity index (χ4n) is 6.06. The number of anilines is 1. The summed E-state index contributed by atoms with van der Waals surface area (Å²) in [7, 11) is 2.14. The molecule has 2 aliphatic rings. The Kier molecular flexibility index (Phi) is 9.56. The Morgan fingerprint density at radius 2 is 1.61 bits per heavy atom. The average Bonchev–Trinajstić information content (AvgIpc) is 3.05. The molecule has 1 aromatic heterocycles. The van der Waals surface area contributed by atoms with E-state index in [1.54, 1.807) is 4.57 Å². The van der Waals surface area contributed by atoms with Crippen molar-refractivity contribution in [2.24, 2.45) is 0 Å². The molecule has 2 fully saturated rings. The first-order chi connectivity index (χ1) is 22.2. The van der Waals surface area contributed by atoms with Gasteiger partial charge in [0.15, 0.2) is 6.61 Å². The summed E-state index contributed by atoms with van der Waals surface area (Å²) in [5.41, 5.74) is 3.43. The minimum atomic E-state index is -0.113. The van der Waals surface area contributed by atoms with Gasteiger partial charge in [-0.25, -0.2) is 4.98 Å². The molecule has 1 amide bonds. The molecule has 0 unspecified atom stereocenters. The quantitative estimate of drug-likeness (QED) is 0.277. The maximum Gasteiger partial charge on any atom is 0.266 e. The topological polar surface area (TPSA) is 83.4 Å². The van der Waals surface area contributed by atoms with Gasteiger partial charge in [-0.3, -0.25) is 19.1 Å². The molecule has 0 atom stereocenters. The van der Waals surface area contributed by atoms with Gasteiger partial charge in [-0.1, -0.05) is 29.8 Å². The Hall–Kier alpha value is -4.41. The summed E-state index contributed by atoms with van der Waals surface area (Å²) < 4.78 is 13.6. The molecule has 3 heterocycles. The highest BCUT2D eigenvalue weighted by Gasteiger charge is 2.25. The van der Waals surface area contributed by atoms with E-state index in [1.807, 2.05) is 86.3 Å². The summed E-state index contributed by atoms with van der Waals surface area (Å²) in [6.45, 7) is 12.7. The van der Waals surface area contributed by atoms with Gasteiger partial charge >= 0.3 is 0 Å². The van der Waals surface area contributed by atoms with Crippen molar-refractivity contribution in [2.45, 2.75) is 33.4 Å². The van der Waals surface area contributed by atoms with E-state index in [9.17, 15) is 9.59 Å². The molecule has 46 heavy (non-hydrogen) atoms. The molecule has 0 radical (unpaired) electrons. The maximum atomic E-state index is 14.4. The summed E-state index contributed by atoms with van der Waals surface area (Å²) in [4.78, 5) is 41.2. The first kappa shape index (κ1) is 31.6. The largest absolute Gasteiger partial charge is 0.489 e. The highest BCUT2D eigenvalue weighted by atomic mass is 16.5. The molecule has 2 aliphatic heterocycles. The minimum Gasteiger partial charge on any atom is -0.489 e. The van der Waals surface area contributed by atoms with Gasteiger partial charge in [-0.2, -0.15) is 0 Å². The molecule has 242 valence electrons. The number of fused-ring (bicyclic) bond motifs is 1. The summed E-state index contributed by atoms with van der Waals surface area (Å²) in [5.74, 6) is 1.94. The van der Waals surface area contributed by atoms with E-state index in [1.165, 1.54) is 0 Å². The van der Waals surface area contributed by atoms with Gasteiger partial charge in [-0.05, 0) is 70.3 Å². The van der Waals surface area contributed by atoms with Crippen molar-refractivity contribution in [1.29, 1.82) is 0 Å². The number of aryl methyl sites for hydroxylation is 1. The molecule has 6 rings (SSSR count). The van der Waals surface area contributed by atoms with E-state index in [0.29, 0.717) is 66.6 Å². The lowest BCUT2D eigenvalue weighted by Gasteiger charge is -2.35. The predicted octanol–water partition coefficient (Wildman–Crippen LogP) is 3.96. The van der Waals surface area contributed by atoms with Crippen LogP contribution in [0.4, 0.5) is 5.69 Å². The van der Waals surface area contributed by atoms with Crippen molar-refractivity contribution in [3.63, 3.8) is 0 Å². The lowest BCUT2D eigenvalue weighted by molar-refractivity contribution is -0.135. The lowest BCUT2D eigenvalue weighted by atomic mass is 10.1. The Morgan fingerprint density at radius 3 is 2.33 bits per heavy atom. The van der Waals surface area contributed by atoms with Crippen molar-refractivity contribution < 1.29 is 14.3 Å². The summed E-state index contributed by atoms with van der Waals surface area (Å²) >= 11 is 0. The van der Waals surface area contributed by atoms with E-state index in [-0.39, 0.29) is 24.2 Å². The Balaban J connectivity index is 1.25. The molecule has 10 nitrogen and oxygen atoms in total. The van der Waals surface area contributed by atoms with Gasteiger partial charge in [0, 0.05) is 58.0 Å². The van der Waals surface area contributed by atoms with Gasteiger partial charge in [0.05, 0.1) is 29.2 Å². The van der Waals surface area contributed by atoms with E-state index < -0.39 is 0 Å². The van der Waals surface area contributed by atoms with Crippen LogP contribution in [0.15, 0.2) is 71.5 Å². The number of aromatic nitrogens is 2. The van der Waals surface area contributed by atoms with E-state index >= 15 is 0 Å². The van der Waals surface area contributed by atoms with Crippen LogP contribution in [-0.4, -0.2) is 102 Å². The Labute approximate surface area is 270 Å². The lowest BCUT2D eigenvalue weighted by Crippen LogP contribution is -2.50. The number of para-hydroxylation sites is 2. The highest BCUT2D eigenvalue weighted by Crippen LogP contribution is 2.27. The van der Waals surface area contributed by atoms with Crippen molar-refractivity contribution >= 4 is 22.5 Å². The van der Waals surface area contributed by atoms with Crippen LogP contribution in [0.1, 0.15) is 25.2 Å². The number of carbonyl (C=O) groups is 1. The number of carbonyl (C=O) groups excluding carboxylic acids is 1. The van der Waals surface area contributed by atoms with Crippen molar-refractivity contribution in [2.75, 3.05) is 70.9 Å². The fourth-order valence-corrected chi connectivity index (χ4v) is 6.06. The summed E-state index contributed by atoms with van der Waals surface area (Å²) in [6, 6.07) is 21.4. The second-order valence-electron chi connectivity index (χ2n) is 12.6. The number of nitrogens with zero attached hydrogens (tertiary/aromatic N) is 6. The number of benzene rings is 3. The van der Waals surface area contributed by atoms with Crippen LogP contribution in [0.25, 0.3) is 16.6 Å². The van der Waals surface area contributed by atoms with Crippen LogP contribution in [0.2, 0.25) is 0 Å². The summed E-state index contributed by atoms with van der Waals surface area (Å²) in [6.07, 6.45) is -0.0573. The smallest absolute Gasteiger partial charge is 0.266 e. The number of ether oxygens (including phenoxy) is 2. The van der Waals surface area contributed by atoms with Crippen molar-refractivity contribution in [3.05, 3.63) is 88.5 Å². The Bertz CT molecular complexity index is 1720. The van der Waals surface area contributed by atoms with Crippen LogP contribution in [0.3, 0.4) is 0 Å². The molecule has 10 heteroatoms. The molecule has 3 aromatic carbocycles. The van der Waals surface area contributed by atoms with Crippen molar-refractivity contribution in [1.82, 2.24) is 24.3 Å². The molecule has 4 aromatic rings. The fraction of sp³-hybridized carbons (Fsp3) is 0.417. The summed E-state index contributed by atoms with van der Waals surface area (Å²) in [5, 5.41) is 0.587. The molecule has 2 saturated heterocycles. The third kappa shape index (κ3) is 7.18. The van der Waals surface area contributed by atoms with Crippen LogP contribution in [0, 0.1) is 6.92 Å². The standard InChI is InChI=1S/C36H44N6O4/c1-26(2)46-33-8-6-5-7-32(33)42-34(37-31-14-11-28(23-30(31)36(42)44)40-19-15-38(4)16-20-40)24-39-17-21-41(22-18-39)35(43)25-45-29-12-9-27(3)10-13-29/h5-14,23,26H,15-22,24-25H2,1-4H3. The van der Waals surface area contributed by atoms with Crippen LogP contribution in [0.5, 0.6) is 11.5 Å². The van der Waals surface area contributed by atoms with Crippen LogP contribution in [-0.2, 0) is 11.3 Å². The number of hydrogen-bond acceptors (Lipinski definition) is 8. The predicted molar refractivity (Wildman–Crippen MR) is 181 cm³/mol. The first-order valence-corrected chi connectivity index (χ1v) is 16.2. The third-order valence-electron chi connectivity index (χ3n) is 8.73. The molecule has 0 N–H and O–H groups in total. The van der Waals surface area contributed by atoms with Crippen molar-refractivity contribution in [3.8, 4) is 17.2 Å². The SMILES string of the molecule is Cc1ccc(OCC(=O)N2CCN(Cc3nc4ccc(N5CCN(C)CC5)cc4c(=O)n3-c3ccccc3OC(C)C)CC2)cc1. The zero-order valence-electron chi connectivity index (χ0n) is 27.3. The number of hydrogen-bond donors (Lipinski definition) is 0. The van der Waals surface area contributed by atoms with Crippen LogP contribution >= 0.6 is 0 Å². The maximum absolute atomic E-state index is 14.4. The van der Waals surface area contributed by atoms with Gasteiger partial charge in [0.1, 0.15) is 17.3 Å². The number of likely N-dealkylation sites (N-methyl/N-ethyl adjacent to an activating group) is 1. The number of amides is 1. The normalized spacial score (nSPS) is 16.3. The zero-order valence-corrected chi connectivity index (χ0v) is 27.3. The van der Waals surface area contributed by atoms with Gasteiger partial charge in [0.2, 0.25) is 0 Å². The van der Waals surface area contributed by atoms with Gasteiger partial charge in [0.25, 0.3) is 11.5 Å². The molecule has 0 aliphatic carbocycles. The zero-order chi connectivity index (χ0) is 32.2. The average molecular weight is 625 g/mol. The van der Waals surface area contributed by atoms with Gasteiger partial charge in [-0.15, -0.1) is 0 Å². The monoisotopic (exact) mass is 624 g/mol. The second-order valence-corrected chi connectivity index (χ2v) is 12.6. The Morgan fingerprint density at radius 1 is 0.891 bits per heavy atom. The minimum absolute atomic E-state index is 0.0115. The van der Waals surface area contributed by atoms with Gasteiger partial charge < -0.3 is 24.2 Å². The highest BCUT2D eigenvalue weighted by molar-refractivity contribution is 5.82. The number of rotatable bonds is 9. The first-order valence-electron chi connectivity index (χ1n) is 16.2. The van der Waals surface area contributed by atoms with Crippen LogP contribution < -0.4 is 19.9 Å². The molecule has 0 bridgehead atoms. The van der Waals surface area contributed by atoms with E-state index in [0.717, 1.165) is 37.4 Å². The molecular weight excluding hydrogens is 580 g/mol. The number of piperazine rings is 2. The molecular formula is C36H44N6O4.